The maximum Gasteiger partial charge on any atom is 0.326 e. The molecule has 0 spiro atoms. The number of benzene rings is 1. The zero-order valence-electron chi connectivity index (χ0n) is 65.7. The predicted molar refractivity (Wildman–Crippen MR) is 418 cm³/mol. The van der Waals surface area contributed by atoms with E-state index in [2.05, 4.69) is 81.4 Å². The highest BCUT2D eigenvalue weighted by Crippen LogP contribution is 2.23. The summed E-state index contributed by atoms with van der Waals surface area (Å²) in [5.74, 6) is -22.5. The molecule has 26 N–H and O–H groups in total. The number of phenols is 1. The highest BCUT2D eigenvalue weighted by Gasteiger charge is 2.43. The second-order valence-corrected chi connectivity index (χ2v) is 30.2. The van der Waals surface area contributed by atoms with Crippen molar-refractivity contribution in [1.82, 2.24) is 68.7 Å². The van der Waals surface area contributed by atoms with Crippen molar-refractivity contribution in [1.29, 1.82) is 0 Å². The number of aliphatic carboxylic acids is 3. The number of nitrogens with zero attached hydrogens (tertiary/aromatic N) is 2. The summed E-state index contributed by atoms with van der Waals surface area (Å²) in [5.41, 5.74) is 28.3. The fraction of sp³-hybridized carbons (Fsp3) is 0.648. The molecule has 15 amide bonds. The summed E-state index contributed by atoms with van der Waals surface area (Å²) in [7, 11) is 0. The minimum Gasteiger partial charge on any atom is -0.508 e. The zero-order chi connectivity index (χ0) is 86.5. The molecule has 0 radical (unpaired) electrons. The number of rotatable bonds is 52. The van der Waals surface area contributed by atoms with Crippen LogP contribution in [0.1, 0.15) is 151 Å². The van der Waals surface area contributed by atoms with Crippen molar-refractivity contribution in [3.05, 3.63) is 29.8 Å². The standard InChI is InChI=1S/C71H115N19O22S2/c1-11-36(8)56(68(109)82-44(70(111)112)14-12-25-77-71(75)76)89-64(105)48(32-113)86-60(101)42(21-23-51(74)93)80-63(104)46(31-53(96)97)84-59(100)41(20-22-50(73)92)79-62(103)45(30-52(94)95)83-57(98)37(9)78-66(107)54(34(4)5)88-65(106)49-15-13-26-90(49)69(110)47(28-33(2)3)85-61(102)43(24-27-114-10)81-67(108)55(35(6)7)87-58(99)40(72)29-38-16-18-39(91)19-17-38/h16-19,33-37,40-49,54-56,91,113H,11-15,20-32,72H2,1-10H3,(H2,73,92)(H2,74,93)(H,78,107)(H,79,103)(H,80,104)(H,81,108)(H,82,109)(H,83,98)(H,84,100)(H,85,102)(H,86,101)(H,87,99)(H,88,106)(H,89,105)(H,94,95)(H,96,97)(H,111,112)(H4,75,76,77)/t36-,37-,40-,41-,42-,43-,44-,45-,46-,47-,48-,49-,54-,55-,56-/m0/s1. The van der Waals surface area contributed by atoms with Crippen LogP contribution in [0.4, 0.5) is 0 Å². The van der Waals surface area contributed by atoms with Crippen molar-refractivity contribution in [2.75, 3.05) is 30.9 Å². The molecule has 0 bridgehead atoms. The van der Waals surface area contributed by atoms with Gasteiger partial charge in [-0.25, -0.2) is 4.79 Å². The molecule has 1 fully saturated rings. The Morgan fingerprint density at radius 2 is 0.956 bits per heavy atom. The molecule has 638 valence electrons. The lowest BCUT2D eigenvalue weighted by atomic mass is 9.97. The first-order valence-corrected chi connectivity index (χ1v) is 39.3. The number of thioether (sulfide) groups is 1. The molecule has 43 heteroatoms. The van der Waals surface area contributed by atoms with Crippen LogP contribution in [0.25, 0.3) is 0 Å². The van der Waals surface area contributed by atoms with Gasteiger partial charge in [0.25, 0.3) is 0 Å². The number of phenolic OH excluding ortho intramolecular Hbond substituents is 1. The van der Waals surface area contributed by atoms with Crippen molar-refractivity contribution < 1.29 is 107 Å². The molecule has 0 saturated carbocycles. The number of nitrogens with one attached hydrogen (secondary N) is 12. The molecule has 1 heterocycles. The van der Waals surface area contributed by atoms with E-state index in [0.29, 0.717) is 17.7 Å². The van der Waals surface area contributed by atoms with Gasteiger partial charge in [-0.3, -0.25) is 86.5 Å². The van der Waals surface area contributed by atoms with Gasteiger partial charge in [0.15, 0.2) is 5.96 Å². The van der Waals surface area contributed by atoms with Gasteiger partial charge < -0.3 is 118 Å². The number of carbonyl (C=O) groups excluding carboxylic acids is 15. The maximum absolute atomic E-state index is 14.6. The Morgan fingerprint density at radius 1 is 0.526 bits per heavy atom. The third-order valence-electron chi connectivity index (χ3n) is 18.2. The number of hydrogen-bond acceptors (Lipinski definition) is 23. The van der Waals surface area contributed by atoms with Gasteiger partial charge in [0.05, 0.1) is 18.9 Å². The average molecular weight is 1650 g/mol. The summed E-state index contributed by atoms with van der Waals surface area (Å²) in [5, 5.41) is 68.3. The van der Waals surface area contributed by atoms with Crippen LogP contribution in [-0.4, -0.2) is 253 Å². The fourth-order valence-corrected chi connectivity index (χ4v) is 12.3. The van der Waals surface area contributed by atoms with Gasteiger partial charge in [0.1, 0.15) is 84.3 Å². The first-order chi connectivity index (χ1) is 53.3. The summed E-state index contributed by atoms with van der Waals surface area (Å²) < 4.78 is 0. The lowest BCUT2D eigenvalue weighted by Crippen LogP contribution is -2.61. The Bertz CT molecular complexity index is 3570. The van der Waals surface area contributed by atoms with Crippen molar-refractivity contribution in [3.63, 3.8) is 0 Å². The lowest BCUT2D eigenvalue weighted by Gasteiger charge is -2.32. The number of guanidine groups is 1. The third-order valence-corrected chi connectivity index (χ3v) is 19.2. The van der Waals surface area contributed by atoms with E-state index >= 15 is 0 Å². The van der Waals surface area contributed by atoms with Crippen LogP contribution in [0.2, 0.25) is 0 Å². The van der Waals surface area contributed by atoms with E-state index in [-0.39, 0.29) is 75.7 Å². The van der Waals surface area contributed by atoms with Crippen LogP contribution in [-0.2, 0) is 92.7 Å². The van der Waals surface area contributed by atoms with Crippen molar-refractivity contribution in [3.8, 4) is 5.75 Å². The molecule has 0 aliphatic carbocycles. The van der Waals surface area contributed by atoms with E-state index in [1.54, 1.807) is 73.8 Å². The van der Waals surface area contributed by atoms with E-state index in [9.17, 15) is 107 Å². The maximum atomic E-state index is 14.6. The number of nitrogens with two attached hydrogens (primary N) is 5. The van der Waals surface area contributed by atoms with E-state index < -0.39 is 253 Å². The second-order valence-electron chi connectivity index (χ2n) is 28.8. The Hall–Kier alpha value is -10.6. The van der Waals surface area contributed by atoms with Crippen LogP contribution < -0.4 is 92.5 Å². The van der Waals surface area contributed by atoms with Gasteiger partial charge in [-0.1, -0.05) is 73.9 Å². The van der Waals surface area contributed by atoms with E-state index in [4.69, 9.17) is 28.7 Å². The summed E-state index contributed by atoms with van der Waals surface area (Å²) in [6.45, 7) is 14.5. The predicted octanol–water partition coefficient (Wildman–Crippen LogP) is -5.20. The van der Waals surface area contributed by atoms with Crippen LogP contribution in [0, 0.1) is 23.7 Å². The molecular weight excluding hydrogens is 1540 g/mol. The quantitative estimate of drug-likeness (QED) is 0.0125. The average Bonchev–Trinajstić information content (AvgIpc) is 1.66. The van der Waals surface area contributed by atoms with Crippen LogP contribution in [0.3, 0.4) is 0 Å². The molecule has 0 unspecified atom stereocenters. The molecular formula is C71H115N19O22S2. The molecule has 1 aliphatic rings. The summed E-state index contributed by atoms with van der Waals surface area (Å²) in [4.78, 5) is 248. The molecule has 114 heavy (non-hydrogen) atoms. The molecule has 2 rings (SSSR count). The monoisotopic (exact) mass is 1650 g/mol. The molecule has 1 saturated heterocycles. The Labute approximate surface area is 669 Å². The number of aromatic hydroxyl groups is 1. The van der Waals surface area contributed by atoms with Crippen LogP contribution in [0.5, 0.6) is 5.75 Å². The topological polar surface area (TPSA) is 678 Å². The van der Waals surface area contributed by atoms with Crippen molar-refractivity contribution in [2.24, 2.45) is 57.3 Å². The third kappa shape index (κ3) is 35.2. The normalized spacial score (nSPS) is 16.2. The van der Waals surface area contributed by atoms with E-state index in [1.165, 1.54) is 28.8 Å². The van der Waals surface area contributed by atoms with Gasteiger partial charge in [0.2, 0.25) is 88.6 Å². The molecule has 15 atom stereocenters. The number of carboxylic acids is 3. The number of carboxylic acid groups (broad SMARTS) is 3. The zero-order valence-corrected chi connectivity index (χ0v) is 67.4. The molecule has 0 aromatic heterocycles. The number of likely N-dealkylation sites (tertiary alicyclic amines) is 1. The second kappa shape index (κ2) is 49.8. The number of primary amides is 2. The number of thiol groups is 1. The smallest absolute Gasteiger partial charge is 0.326 e. The minimum absolute atomic E-state index is 0.0207. The summed E-state index contributed by atoms with van der Waals surface area (Å²) >= 11 is 5.54. The minimum atomic E-state index is -2.19. The van der Waals surface area contributed by atoms with Crippen LogP contribution >= 0.6 is 24.4 Å². The summed E-state index contributed by atoms with van der Waals surface area (Å²) in [6.07, 6.45) is -2.40. The highest BCUT2D eigenvalue weighted by molar-refractivity contribution is 7.98. The molecule has 1 aromatic carbocycles. The number of carbonyl (C=O) groups is 18. The first kappa shape index (κ1) is 99.5. The molecule has 1 aliphatic heterocycles. The van der Waals surface area contributed by atoms with E-state index in [1.807, 2.05) is 0 Å². The number of aliphatic imine (C=N–C) groups is 1. The Balaban J connectivity index is 2.36. The lowest BCUT2D eigenvalue weighted by molar-refractivity contribution is -0.143. The van der Waals surface area contributed by atoms with Crippen molar-refractivity contribution in [2.45, 2.75) is 237 Å². The number of hydrogen-bond donors (Lipinski definition) is 22. The number of amides is 15. The fourth-order valence-electron chi connectivity index (χ4n) is 11.6. The van der Waals surface area contributed by atoms with Gasteiger partial charge in [-0.15, -0.1) is 0 Å². The van der Waals surface area contributed by atoms with Crippen molar-refractivity contribution >= 4 is 137 Å². The largest absolute Gasteiger partial charge is 0.508 e. The van der Waals surface area contributed by atoms with Gasteiger partial charge in [-0.2, -0.15) is 24.4 Å². The van der Waals surface area contributed by atoms with Gasteiger partial charge in [-0.05, 0) is 118 Å². The summed E-state index contributed by atoms with van der Waals surface area (Å²) in [6, 6.07) is -15.5. The highest BCUT2D eigenvalue weighted by atomic mass is 32.2. The van der Waals surface area contributed by atoms with Crippen LogP contribution in [0.15, 0.2) is 29.3 Å². The Kier molecular flexibility index (Phi) is 43.5. The first-order valence-electron chi connectivity index (χ1n) is 37.2. The Morgan fingerprint density at radius 3 is 1.42 bits per heavy atom. The molecule has 41 nitrogen and oxygen atoms in total. The van der Waals surface area contributed by atoms with Gasteiger partial charge >= 0.3 is 17.9 Å². The SMILES string of the molecule is CC[C@H](C)[C@H](NC(=O)[C@H](CS)NC(=O)[C@H](CCC(N)=O)NC(=O)[C@H](CC(=O)O)NC(=O)[C@H](CCC(N)=O)NC(=O)[C@H](CC(=O)O)NC(=O)[C@H](C)NC(=O)[C@@H](NC(=O)[C@@H]1CCCN1C(=O)[C@H](CC(C)C)NC(=O)[C@H](CCSC)NC(=O)[C@@H](NC(=O)[C@@H](N)Cc1ccc(O)cc1)C(C)C)C(C)C)C(=O)N[C@@H](CCCN=C(N)N)C(=O)O. The molecule has 1 aromatic rings. The van der Waals surface area contributed by atoms with E-state index in [0.717, 1.165) is 6.92 Å². The van der Waals surface area contributed by atoms with Gasteiger partial charge in [0, 0.05) is 31.7 Å².